The number of phenols is 2. The van der Waals surface area contributed by atoms with E-state index < -0.39 is 69.5 Å². The Morgan fingerprint density at radius 3 is 2.20 bits per heavy atom. The molecule has 0 radical (unpaired) electrons. The van der Waals surface area contributed by atoms with Crippen LogP contribution in [0.1, 0.15) is 41.0 Å². The molecule has 0 bridgehead atoms. The molecule has 2 aliphatic carbocycles. The molecule has 2 aliphatic heterocycles. The fourth-order valence-corrected chi connectivity index (χ4v) is 9.69. The number of rotatable bonds is 7. The number of phenolic OH excluding ortho intramolecular Hbond substituents is 2. The van der Waals surface area contributed by atoms with Gasteiger partial charge in [0.2, 0.25) is 11.8 Å². The van der Waals surface area contributed by atoms with Crippen molar-refractivity contribution in [3.8, 4) is 11.5 Å². The Labute approximate surface area is 332 Å². The second-order valence-corrected chi connectivity index (χ2v) is 15.6. The van der Waals surface area contributed by atoms with Gasteiger partial charge in [-0.15, -0.1) is 0 Å². The number of alkyl halides is 3. The largest absolute Gasteiger partial charge is 0.508 e. The molecular formula is C40H30Cl3F3N4O6. The summed E-state index contributed by atoms with van der Waals surface area (Å²) in [7, 11) is 0. The van der Waals surface area contributed by atoms with Gasteiger partial charge in [0.1, 0.15) is 11.5 Å². The Hall–Kier alpha value is -5.11. The maximum Gasteiger partial charge on any atom is 0.417 e. The van der Waals surface area contributed by atoms with Crippen molar-refractivity contribution >= 4 is 64.2 Å². The van der Waals surface area contributed by atoms with Crippen molar-refractivity contribution in [1.29, 1.82) is 0 Å². The van der Waals surface area contributed by atoms with Crippen molar-refractivity contribution in [2.45, 2.75) is 36.8 Å². The first-order valence-electron chi connectivity index (χ1n) is 17.6. The summed E-state index contributed by atoms with van der Waals surface area (Å²) in [5.74, 6) is -7.45. The fraction of sp³-hybridized carbons (Fsp3) is 0.275. The number of fused-ring (bicyclic) bond motifs is 4. The fourth-order valence-electron chi connectivity index (χ4n) is 9.07. The third kappa shape index (κ3) is 5.98. The number of amides is 4. The van der Waals surface area contributed by atoms with Crippen molar-refractivity contribution < 1.29 is 42.6 Å². The van der Waals surface area contributed by atoms with Gasteiger partial charge in [-0.05, 0) is 84.3 Å². The van der Waals surface area contributed by atoms with Gasteiger partial charge in [-0.1, -0.05) is 76.8 Å². The molecule has 3 N–H and O–H groups in total. The van der Waals surface area contributed by atoms with Gasteiger partial charge in [0.25, 0.3) is 11.8 Å². The SMILES string of the molecule is O=C1C2CC=C3C(CC4C(=O)N(Nc5ncc(C(F)(F)F)cc5Cl)C(=O)C4(c4ccc(Cl)cc4)C3c3ccc(O)cc3Cl)C2C(=O)N1CCc1ccc(O)cc1. The maximum absolute atomic E-state index is 15.3. The monoisotopic (exact) mass is 824 g/mol. The lowest BCUT2D eigenvalue weighted by molar-refractivity contribution is -0.141. The van der Waals surface area contributed by atoms with E-state index in [1.165, 1.54) is 29.2 Å². The number of nitrogens with zero attached hydrogens (tertiary/aromatic N) is 3. The van der Waals surface area contributed by atoms with Gasteiger partial charge in [-0.3, -0.25) is 29.5 Å². The number of carbonyl (C=O) groups is 4. The number of hydrogen-bond donors (Lipinski definition) is 3. The molecule has 4 aromatic rings. The molecule has 2 saturated heterocycles. The lowest BCUT2D eigenvalue weighted by Crippen LogP contribution is -2.53. The predicted octanol–water partition coefficient (Wildman–Crippen LogP) is 7.70. The molecule has 16 heteroatoms. The number of nitrogens with one attached hydrogen (secondary N) is 1. The minimum Gasteiger partial charge on any atom is -0.508 e. The first-order chi connectivity index (χ1) is 26.6. The zero-order valence-electron chi connectivity index (χ0n) is 28.9. The van der Waals surface area contributed by atoms with Crippen molar-refractivity contribution in [2.24, 2.45) is 23.7 Å². The number of anilines is 1. The van der Waals surface area contributed by atoms with E-state index in [9.17, 15) is 37.8 Å². The summed E-state index contributed by atoms with van der Waals surface area (Å²) in [6.45, 7) is 0.0822. The first kappa shape index (κ1) is 37.8. The van der Waals surface area contributed by atoms with Crippen LogP contribution in [0.3, 0.4) is 0 Å². The van der Waals surface area contributed by atoms with Gasteiger partial charge < -0.3 is 10.2 Å². The van der Waals surface area contributed by atoms with Gasteiger partial charge in [-0.2, -0.15) is 18.2 Å². The van der Waals surface area contributed by atoms with E-state index in [4.69, 9.17) is 34.8 Å². The molecule has 0 spiro atoms. The van der Waals surface area contributed by atoms with E-state index in [2.05, 4.69) is 10.4 Å². The number of pyridine rings is 1. The van der Waals surface area contributed by atoms with E-state index in [0.717, 1.165) is 5.56 Å². The van der Waals surface area contributed by atoms with Crippen LogP contribution in [-0.4, -0.2) is 55.3 Å². The molecule has 4 amide bonds. The summed E-state index contributed by atoms with van der Waals surface area (Å²) in [5.41, 5.74) is 1.78. The summed E-state index contributed by atoms with van der Waals surface area (Å²) < 4.78 is 40.4. The number of imide groups is 2. The molecule has 288 valence electrons. The average Bonchev–Trinajstić information content (AvgIpc) is 3.52. The highest BCUT2D eigenvalue weighted by atomic mass is 35.5. The standard InChI is InChI=1S/C40H30Cl3F3N4O6/c41-22-5-3-20(4-6-22)39-29(36(54)50(38(39)56)48-34-31(43)15-21(18-47-34)40(44,45)46)17-28-25(33(39)26-10-9-24(52)16-30(26)42)11-12-27-32(28)37(55)49(35(27)53)14-13-19-1-7-23(51)8-2-19/h1-11,15-16,18,27-29,32-33,51-52H,12-14,17H2,(H,47,48). The Morgan fingerprint density at radius 2 is 1.54 bits per heavy atom. The molecule has 3 heterocycles. The van der Waals surface area contributed by atoms with E-state index in [1.54, 1.807) is 42.5 Å². The Kier molecular flexibility index (Phi) is 9.33. The molecule has 10 nitrogen and oxygen atoms in total. The third-order valence-electron chi connectivity index (χ3n) is 11.5. The van der Waals surface area contributed by atoms with Crippen LogP contribution in [0.5, 0.6) is 11.5 Å². The molecule has 6 atom stereocenters. The average molecular weight is 826 g/mol. The van der Waals surface area contributed by atoms with Crippen LogP contribution in [0.25, 0.3) is 0 Å². The molecule has 3 aromatic carbocycles. The van der Waals surface area contributed by atoms with E-state index in [0.29, 0.717) is 45.4 Å². The molecule has 1 saturated carbocycles. The predicted molar refractivity (Wildman–Crippen MR) is 199 cm³/mol. The number of aromatic nitrogens is 1. The molecular weight excluding hydrogens is 796 g/mol. The van der Waals surface area contributed by atoms with E-state index in [-0.39, 0.29) is 47.6 Å². The normalized spacial score (nSPS) is 25.9. The first-order valence-corrected chi connectivity index (χ1v) is 18.7. The number of benzene rings is 3. The van der Waals surface area contributed by atoms with Crippen LogP contribution >= 0.6 is 34.8 Å². The number of hydrazine groups is 1. The number of halogens is 6. The Bertz CT molecular complexity index is 2340. The Balaban J connectivity index is 1.26. The number of carbonyl (C=O) groups excluding carboxylic acids is 4. The number of hydrogen-bond acceptors (Lipinski definition) is 8. The summed E-state index contributed by atoms with van der Waals surface area (Å²) in [5, 5.41) is 20.7. The van der Waals surface area contributed by atoms with Crippen molar-refractivity contribution in [2.75, 3.05) is 12.0 Å². The maximum atomic E-state index is 15.3. The molecule has 4 aliphatic rings. The minimum absolute atomic E-state index is 0.0641. The van der Waals surface area contributed by atoms with Crippen LogP contribution in [0, 0.1) is 23.7 Å². The lowest BCUT2D eigenvalue weighted by Gasteiger charge is -2.50. The lowest BCUT2D eigenvalue weighted by atomic mass is 9.49. The summed E-state index contributed by atoms with van der Waals surface area (Å²) >= 11 is 19.4. The van der Waals surface area contributed by atoms with Gasteiger partial charge >= 0.3 is 6.18 Å². The Morgan fingerprint density at radius 1 is 0.839 bits per heavy atom. The molecule has 8 rings (SSSR count). The highest BCUT2D eigenvalue weighted by Crippen LogP contribution is 2.65. The second kappa shape index (κ2) is 13.8. The van der Waals surface area contributed by atoms with Crippen LogP contribution in [0.4, 0.5) is 19.0 Å². The highest BCUT2D eigenvalue weighted by Gasteiger charge is 2.70. The van der Waals surface area contributed by atoms with Crippen LogP contribution in [0.15, 0.2) is 90.6 Å². The van der Waals surface area contributed by atoms with Crippen LogP contribution in [0.2, 0.25) is 15.1 Å². The van der Waals surface area contributed by atoms with Crippen molar-refractivity contribution in [1.82, 2.24) is 14.9 Å². The molecule has 56 heavy (non-hydrogen) atoms. The highest BCUT2D eigenvalue weighted by molar-refractivity contribution is 6.33. The van der Waals surface area contributed by atoms with Gasteiger partial charge in [0.05, 0.1) is 33.8 Å². The molecule has 1 aromatic heterocycles. The molecule has 3 fully saturated rings. The van der Waals surface area contributed by atoms with Gasteiger partial charge in [0.15, 0.2) is 5.82 Å². The third-order valence-corrected chi connectivity index (χ3v) is 12.4. The smallest absolute Gasteiger partial charge is 0.417 e. The second-order valence-electron chi connectivity index (χ2n) is 14.4. The number of likely N-dealkylation sites (tertiary alicyclic amines) is 1. The summed E-state index contributed by atoms with van der Waals surface area (Å²) in [6.07, 6.45) is -1.98. The van der Waals surface area contributed by atoms with Gasteiger partial charge in [0, 0.05) is 28.7 Å². The molecule has 6 unspecified atom stereocenters. The van der Waals surface area contributed by atoms with Crippen molar-refractivity contribution in [3.63, 3.8) is 0 Å². The topological polar surface area (TPSA) is 140 Å². The van der Waals surface area contributed by atoms with E-state index >= 15 is 4.79 Å². The van der Waals surface area contributed by atoms with Crippen LogP contribution in [-0.2, 0) is 37.2 Å². The van der Waals surface area contributed by atoms with Gasteiger partial charge in [-0.25, -0.2) is 4.98 Å². The summed E-state index contributed by atoms with van der Waals surface area (Å²) in [4.78, 5) is 63.4. The summed E-state index contributed by atoms with van der Waals surface area (Å²) in [6, 6.07) is 17.6. The zero-order valence-corrected chi connectivity index (χ0v) is 31.2. The minimum atomic E-state index is -4.76. The van der Waals surface area contributed by atoms with E-state index in [1.807, 2.05) is 6.08 Å². The number of aromatic hydroxyl groups is 2. The number of allylic oxidation sites excluding steroid dienone is 2. The zero-order chi connectivity index (χ0) is 39.8. The quantitative estimate of drug-likeness (QED) is 0.127. The van der Waals surface area contributed by atoms with Crippen molar-refractivity contribution in [3.05, 3.63) is 128 Å². The van der Waals surface area contributed by atoms with Crippen LogP contribution < -0.4 is 5.43 Å².